The van der Waals surface area contributed by atoms with Crippen LogP contribution in [0, 0.1) is 6.92 Å². The number of anilines is 1. The minimum absolute atomic E-state index is 0.609. The lowest BCUT2D eigenvalue weighted by atomic mass is 10.1. The minimum Gasteiger partial charge on any atom is -0.382 e. The van der Waals surface area contributed by atoms with Crippen LogP contribution >= 0.6 is 0 Å². The van der Waals surface area contributed by atoms with Gasteiger partial charge in [-0.15, -0.1) is 0 Å². The fourth-order valence-corrected chi connectivity index (χ4v) is 1.84. The van der Waals surface area contributed by atoms with Crippen molar-refractivity contribution in [1.82, 2.24) is 9.78 Å². The largest absolute Gasteiger partial charge is 0.382 e. The SMILES string of the molecule is Cc1cc(N)nn1CCCc1ccccc1. The van der Waals surface area contributed by atoms with Crippen LogP contribution in [-0.2, 0) is 13.0 Å². The Hall–Kier alpha value is -1.77. The number of rotatable bonds is 4. The molecule has 0 aliphatic heterocycles. The molecule has 2 rings (SSSR count). The van der Waals surface area contributed by atoms with Gasteiger partial charge in [-0.3, -0.25) is 4.68 Å². The monoisotopic (exact) mass is 215 g/mol. The highest BCUT2D eigenvalue weighted by atomic mass is 15.3. The van der Waals surface area contributed by atoms with Crippen LogP contribution < -0.4 is 5.73 Å². The Bertz CT molecular complexity index is 445. The van der Waals surface area contributed by atoms with Gasteiger partial charge in [0.1, 0.15) is 5.82 Å². The first kappa shape index (κ1) is 10.7. The second-order valence-electron chi connectivity index (χ2n) is 4.02. The highest BCUT2D eigenvalue weighted by Gasteiger charge is 2.00. The van der Waals surface area contributed by atoms with Crippen LogP contribution in [0.25, 0.3) is 0 Å². The van der Waals surface area contributed by atoms with Gasteiger partial charge in [-0.25, -0.2) is 0 Å². The van der Waals surface area contributed by atoms with E-state index in [0.29, 0.717) is 5.82 Å². The third kappa shape index (κ3) is 2.63. The molecule has 3 heteroatoms. The lowest BCUT2D eigenvalue weighted by Crippen LogP contribution is -2.04. The van der Waals surface area contributed by atoms with Crippen LogP contribution in [0.5, 0.6) is 0 Å². The minimum atomic E-state index is 0.609. The molecule has 0 fully saturated rings. The zero-order valence-corrected chi connectivity index (χ0v) is 9.56. The number of nitrogens with zero attached hydrogens (tertiary/aromatic N) is 2. The Morgan fingerprint density at radius 2 is 2.00 bits per heavy atom. The number of aromatic nitrogens is 2. The summed E-state index contributed by atoms with van der Waals surface area (Å²) < 4.78 is 1.97. The van der Waals surface area contributed by atoms with Gasteiger partial charge in [0.2, 0.25) is 0 Å². The Kier molecular flexibility index (Phi) is 3.25. The summed E-state index contributed by atoms with van der Waals surface area (Å²) in [5, 5.41) is 4.24. The van der Waals surface area contributed by atoms with Gasteiger partial charge in [0.05, 0.1) is 0 Å². The third-order valence-corrected chi connectivity index (χ3v) is 2.68. The molecule has 0 radical (unpaired) electrons. The molecule has 0 aliphatic rings. The summed E-state index contributed by atoms with van der Waals surface area (Å²) in [5.41, 5.74) is 8.14. The number of hydrogen-bond donors (Lipinski definition) is 1. The average Bonchev–Trinajstić information content (AvgIpc) is 2.59. The zero-order valence-electron chi connectivity index (χ0n) is 9.56. The summed E-state index contributed by atoms with van der Waals surface area (Å²) in [5.74, 6) is 0.609. The van der Waals surface area contributed by atoms with Gasteiger partial charge >= 0.3 is 0 Å². The average molecular weight is 215 g/mol. The second-order valence-corrected chi connectivity index (χ2v) is 4.02. The van der Waals surface area contributed by atoms with E-state index in [0.717, 1.165) is 25.1 Å². The first-order chi connectivity index (χ1) is 7.75. The van der Waals surface area contributed by atoms with Gasteiger partial charge in [0.25, 0.3) is 0 Å². The number of hydrogen-bond acceptors (Lipinski definition) is 2. The molecular weight excluding hydrogens is 198 g/mol. The van der Waals surface area contributed by atoms with E-state index in [9.17, 15) is 0 Å². The maximum Gasteiger partial charge on any atom is 0.145 e. The summed E-state index contributed by atoms with van der Waals surface area (Å²) in [4.78, 5) is 0. The van der Waals surface area contributed by atoms with E-state index >= 15 is 0 Å². The van der Waals surface area contributed by atoms with Crippen molar-refractivity contribution >= 4 is 5.82 Å². The molecule has 0 saturated carbocycles. The number of nitrogen functional groups attached to an aromatic ring is 1. The Morgan fingerprint density at radius 1 is 1.25 bits per heavy atom. The van der Waals surface area contributed by atoms with Crippen molar-refractivity contribution in [3.05, 3.63) is 47.7 Å². The molecule has 0 unspecified atom stereocenters. The van der Waals surface area contributed by atoms with E-state index in [4.69, 9.17) is 5.73 Å². The van der Waals surface area contributed by atoms with E-state index in [1.165, 1.54) is 5.56 Å². The van der Waals surface area contributed by atoms with Crippen molar-refractivity contribution in [1.29, 1.82) is 0 Å². The Labute approximate surface area is 95.9 Å². The third-order valence-electron chi connectivity index (χ3n) is 2.68. The zero-order chi connectivity index (χ0) is 11.4. The predicted octanol–water partition coefficient (Wildman–Crippen LogP) is 2.41. The van der Waals surface area contributed by atoms with Gasteiger partial charge in [-0.1, -0.05) is 30.3 Å². The van der Waals surface area contributed by atoms with Crippen molar-refractivity contribution in [3.63, 3.8) is 0 Å². The van der Waals surface area contributed by atoms with Crippen LogP contribution in [0.2, 0.25) is 0 Å². The van der Waals surface area contributed by atoms with E-state index in [2.05, 4.69) is 29.4 Å². The smallest absolute Gasteiger partial charge is 0.145 e. The molecule has 0 atom stereocenters. The van der Waals surface area contributed by atoms with E-state index < -0.39 is 0 Å². The quantitative estimate of drug-likeness (QED) is 0.851. The summed E-state index contributed by atoms with van der Waals surface area (Å²) in [6.45, 7) is 2.96. The maximum absolute atomic E-state index is 5.63. The predicted molar refractivity (Wildman–Crippen MR) is 66.1 cm³/mol. The normalized spacial score (nSPS) is 10.6. The molecule has 0 saturated heterocycles. The van der Waals surface area contributed by atoms with Crippen molar-refractivity contribution in [3.8, 4) is 0 Å². The van der Waals surface area contributed by atoms with Crippen molar-refractivity contribution < 1.29 is 0 Å². The van der Waals surface area contributed by atoms with Gasteiger partial charge in [-0.05, 0) is 25.3 Å². The number of nitrogens with two attached hydrogens (primary N) is 1. The molecule has 84 valence electrons. The molecular formula is C13H17N3. The molecule has 0 aliphatic carbocycles. The summed E-state index contributed by atoms with van der Waals surface area (Å²) >= 11 is 0. The molecule has 3 nitrogen and oxygen atoms in total. The number of aryl methyl sites for hydroxylation is 3. The van der Waals surface area contributed by atoms with E-state index in [1.807, 2.05) is 23.7 Å². The lowest BCUT2D eigenvalue weighted by molar-refractivity contribution is 0.567. The molecule has 16 heavy (non-hydrogen) atoms. The van der Waals surface area contributed by atoms with E-state index in [1.54, 1.807) is 0 Å². The molecule has 1 heterocycles. The summed E-state index contributed by atoms with van der Waals surface area (Å²) in [7, 11) is 0. The molecule has 0 amide bonds. The van der Waals surface area contributed by atoms with E-state index in [-0.39, 0.29) is 0 Å². The Balaban J connectivity index is 1.87. The first-order valence-electron chi connectivity index (χ1n) is 5.59. The van der Waals surface area contributed by atoms with Crippen molar-refractivity contribution in [2.45, 2.75) is 26.3 Å². The second kappa shape index (κ2) is 4.84. The van der Waals surface area contributed by atoms with Crippen LogP contribution in [0.15, 0.2) is 36.4 Å². The molecule has 1 aromatic heterocycles. The van der Waals surface area contributed by atoms with Gasteiger partial charge < -0.3 is 5.73 Å². The van der Waals surface area contributed by atoms with Crippen molar-refractivity contribution in [2.75, 3.05) is 5.73 Å². The molecule has 2 N–H and O–H groups in total. The Morgan fingerprint density at radius 3 is 2.62 bits per heavy atom. The van der Waals surface area contributed by atoms with Crippen LogP contribution in [0.4, 0.5) is 5.82 Å². The highest BCUT2D eigenvalue weighted by Crippen LogP contribution is 2.07. The molecule has 0 spiro atoms. The van der Waals surface area contributed by atoms with Gasteiger partial charge in [0, 0.05) is 18.3 Å². The highest BCUT2D eigenvalue weighted by molar-refractivity contribution is 5.28. The van der Waals surface area contributed by atoms with Gasteiger partial charge in [-0.2, -0.15) is 5.10 Å². The molecule has 2 aromatic rings. The first-order valence-corrected chi connectivity index (χ1v) is 5.59. The standard InChI is InChI=1S/C13H17N3/c1-11-10-13(14)15-16(11)9-5-8-12-6-3-2-4-7-12/h2-4,6-7,10H,5,8-9H2,1H3,(H2,14,15). The van der Waals surface area contributed by atoms with Crippen LogP contribution in [0.1, 0.15) is 17.7 Å². The molecule has 0 bridgehead atoms. The van der Waals surface area contributed by atoms with Crippen LogP contribution in [0.3, 0.4) is 0 Å². The topological polar surface area (TPSA) is 43.8 Å². The van der Waals surface area contributed by atoms with Gasteiger partial charge in [0.15, 0.2) is 0 Å². The lowest BCUT2D eigenvalue weighted by Gasteiger charge is -2.04. The maximum atomic E-state index is 5.63. The van der Waals surface area contributed by atoms with Crippen LogP contribution in [-0.4, -0.2) is 9.78 Å². The number of benzene rings is 1. The fraction of sp³-hybridized carbons (Fsp3) is 0.308. The fourth-order valence-electron chi connectivity index (χ4n) is 1.84. The summed E-state index contributed by atoms with van der Waals surface area (Å²) in [6.07, 6.45) is 2.17. The summed E-state index contributed by atoms with van der Waals surface area (Å²) in [6, 6.07) is 12.4. The molecule has 1 aromatic carbocycles. The van der Waals surface area contributed by atoms with Crippen molar-refractivity contribution in [2.24, 2.45) is 0 Å².